The van der Waals surface area contributed by atoms with Crippen molar-refractivity contribution >= 4 is 30.5 Å². The molecule has 7 heteroatoms. The van der Waals surface area contributed by atoms with Crippen molar-refractivity contribution in [1.82, 2.24) is 10.2 Å². The van der Waals surface area contributed by atoms with E-state index in [-0.39, 0.29) is 24.0 Å². The molecule has 0 aliphatic heterocycles. The van der Waals surface area contributed by atoms with Gasteiger partial charge in [0.05, 0.1) is 11.6 Å². The van der Waals surface area contributed by atoms with E-state index in [9.17, 15) is 19.2 Å². The molecule has 1 rings (SSSR count). The fourth-order valence-corrected chi connectivity index (χ4v) is 2.03. The smallest absolute Gasteiger partial charge is 0.257 e. The highest BCUT2D eigenvalue weighted by molar-refractivity contribution is 6.06. The maximum absolute atomic E-state index is 12.5. The summed E-state index contributed by atoms with van der Waals surface area (Å²) in [6.45, 7) is 0. The van der Waals surface area contributed by atoms with E-state index in [2.05, 4.69) is 10.6 Å². The minimum absolute atomic E-state index is 0.190. The van der Waals surface area contributed by atoms with E-state index in [0.717, 1.165) is 0 Å². The largest absolute Gasteiger partial charge is 0.387 e. The summed E-state index contributed by atoms with van der Waals surface area (Å²) in [6.07, 6.45) is 2.38. The Labute approximate surface area is 142 Å². The lowest BCUT2D eigenvalue weighted by Crippen LogP contribution is -2.39. The summed E-state index contributed by atoms with van der Waals surface area (Å²) in [5, 5.41) is 5.61. The Morgan fingerprint density at radius 1 is 1.21 bits per heavy atom. The van der Waals surface area contributed by atoms with Crippen molar-refractivity contribution in [2.75, 3.05) is 33.5 Å². The van der Waals surface area contributed by atoms with Gasteiger partial charge in [-0.25, -0.2) is 0 Å². The van der Waals surface area contributed by atoms with Crippen molar-refractivity contribution in [3.8, 4) is 0 Å². The lowest BCUT2D eigenvalue weighted by molar-refractivity contribution is -0.112. The van der Waals surface area contributed by atoms with Crippen molar-refractivity contribution in [2.24, 2.45) is 0 Å². The number of carbonyl (C=O) groups excluding carboxylic acids is 4. The molecule has 0 aliphatic rings. The van der Waals surface area contributed by atoms with Crippen LogP contribution in [0.15, 0.2) is 18.2 Å². The molecule has 0 saturated carbocycles. The van der Waals surface area contributed by atoms with Crippen LogP contribution < -0.4 is 10.6 Å². The first kappa shape index (κ1) is 21.5. The van der Waals surface area contributed by atoms with Gasteiger partial charge in [0.2, 0.25) is 0 Å². The number of benzene rings is 1. The van der Waals surface area contributed by atoms with Gasteiger partial charge in [-0.3, -0.25) is 9.59 Å². The van der Waals surface area contributed by atoms with Gasteiger partial charge in [0.1, 0.15) is 12.6 Å². The Balaban J connectivity index is 0.00000163. The number of hydrogen-bond donors (Lipinski definition) is 2. The third-order valence-electron chi connectivity index (χ3n) is 3.26. The summed E-state index contributed by atoms with van der Waals surface area (Å²) >= 11 is 0. The number of amides is 1. The standard InChI is InChI=1S/C15H18N2O4.C2H7N/c1-16-13-7-3-5-11(9-19)14(13)15(21)17(2)12(10-20)6-4-8-18;1-3-2/h3,5,7-10,12,16H,4,6H2,1-2H3;3H,1-2H3. The SMILES string of the molecule is CNC.CNc1cccc(C=O)c1C(=O)N(C)C(C=O)CCC=O. The van der Waals surface area contributed by atoms with E-state index in [4.69, 9.17) is 0 Å². The first-order chi connectivity index (χ1) is 11.5. The van der Waals surface area contributed by atoms with Crippen molar-refractivity contribution in [1.29, 1.82) is 0 Å². The molecular weight excluding hydrogens is 310 g/mol. The Kier molecular flexibility index (Phi) is 10.7. The molecule has 2 N–H and O–H groups in total. The van der Waals surface area contributed by atoms with Crippen LogP contribution in [0.2, 0.25) is 0 Å². The number of nitrogens with zero attached hydrogens (tertiary/aromatic N) is 1. The maximum Gasteiger partial charge on any atom is 0.257 e. The quantitative estimate of drug-likeness (QED) is 0.688. The van der Waals surface area contributed by atoms with Crippen LogP contribution in [-0.4, -0.2) is 63.9 Å². The van der Waals surface area contributed by atoms with Gasteiger partial charge in [-0.15, -0.1) is 0 Å². The van der Waals surface area contributed by atoms with Gasteiger partial charge in [0, 0.05) is 31.8 Å². The zero-order chi connectivity index (χ0) is 18.5. The zero-order valence-corrected chi connectivity index (χ0v) is 14.5. The molecule has 0 fully saturated rings. The summed E-state index contributed by atoms with van der Waals surface area (Å²) in [7, 11) is 6.87. The van der Waals surface area contributed by atoms with E-state index >= 15 is 0 Å². The number of anilines is 1. The lowest BCUT2D eigenvalue weighted by atomic mass is 10.0. The Bertz CT molecular complexity index is 561. The predicted octanol–water partition coefficient (Wildman–Crippen LogP) is 0.995. The van der Waals surface area contributed by atoms with Crippen molar-refractivity contribution in [3.05, 3.63) is 29.3 Å². The number of likely N-dealkylation sites (N-methyl/N-ethyl adjacent to an activating group) is 1. The van der Waals surface area contributed by atoms with Gasteiger partial charge in [-0.2, -0.15) is 0 Å². The van der Waals surface area contributed by atoms with E-state index in [0.29, 0.717) is 24.5 Å². The molecule has 0 aliphatic carbocycles. The second kappa shape index (κ2) is 12.0. The molecule has 0 spiro atoms. The topological polar surface area (TPSA) is 95.6 Å². The summed E-state index contributed by atoms with van der Waals surface area (Å²) < 4.78 is 0. The third kappa shape index (κ3) is 5.92. The number of hydrogen-bond acceptors (Lipinski definition) is 6. The maximum atomic E-state index is 12.5. The molecule has 0 heterocycles. The van der Waals surface area contributed by atoms with Crippen LogP contribution in [0, 0.1) is 0 Å². The molecule has 1 atom stereocenters. The number of aldehydes is 3. The van der Waals surface area contributed by atoms with Crippen LogP contribution in [0.1, 0.15) is 33.6 Å². The van der Waals surface area contributed by atoms with E-state index < -0.39 is 11.9 Å². The zero-order valence-electron chi connectivity index (χ0n) is 14.5. The molecule has 24 heavy (non-hydrogen) atoms. The monoisotopic (exact) mass is 335 g/mol. The van der Waals surface area contributed by atoms with Crippen molar-refractivity contribution in [3.63, 3.8) is 0 Å². The van der Waals surface area contributed by atoms with Gasteiger partial charge < -0.3 is 25.1 Å². The molecule has 1 amide bonds. The first-order valence-electron chi connectivity index (χ1n) is 7.52. The van der Waals surface area contributed by atoms with Crippen LogP contribution in [0.5, 0.6) is 0 Å². The second-order valence-electron chi connectivity index (χ2n) is 5.00. The molecule has 7 nitrogen and oxygen atoms in total. The molecule has 0 aromatic heterocycles. The fourth-order valence-electron chi connectivity index (χ4n) is 2.03. The summed E-state index contributed by atoms with van der Waals surface area (Å²) in [4.78, 5) is 46.4. The number of rotatable bonds is 8. The summed E-state index contributed by atoms with van der Waals surface area (Å²) in [5.74, 6) is -0.440. The van der Waals surface area contributed by atoms with Gasteiger partial charge >= 0.3 is 0 Å². The average Bonchev–Trinajstić information content (AvgIpc) is 2.61. The van der Waals surface area contributed by atoms with Gasteiger partial charge in [0.25, 0.3) is 5.91 Å². The number of carbonyl (C=O) groups is 4. The number of nitrogens with one attached hydrogen (secondary N) is 2. The van der Waals surface area contributed by atoms with Gasteiger partial charge in [-0.1, -0.05) is 12.1 Å². The molecule has 0 bridgehead atoms. The first-order valence-corrected chi connectivity index (χ1v) is 7.52. The highest BCUT2D eigenvalue weighted by atomic mass is 16.2. The predicted molar refractivity (Wildman–Crippen MR) is 93.6 cm³/mol. The van der Waals surface area contributed by atoms with Gasteiger partial charge in [-0.05, 0) is 26.6 Å². The summed E-state index contributed by atoms with van der Waals surface area (Å²) in [5.41, 5.74) is 0.977. The lowest BCUT2D eigenvalue weighted by Gasteiger charge is -2.25. The Morgan fingerprint density at radius 2 is 1.83 bits per heavy atom. The van der Waals surface area contributed by atoms with E-state index in [1.807, 2.05) is 14.1 Å². The molecule has 0 saturated heterocycles. The minimum atomic E-state index is -0.702. The van der Waals surface area contributed by atoms with Crippen LogP contribution >= 0.6 is 0 Å². The molecule has 1 unspecified atom stereocenters. The van der Waals surface area contributed by atoms with Crippen molar-refractivity contribution in [2.45, 2.75) is 18.9 Å². The molecular formula is C17H25N3O4. The fraction of sp³-hybridized carbons (Fsp3) is 0.412. The molecule has 1 aromatic carbocycles. The molecule has 132 valence electrons. The van der Waals surface area contributed by atoms with E-state index in [1.165, 1.54) is 18.0 Å². The van der Waals surface area contributed by atoms with Crippen LogP contribution in [-0.2, 0) is 9.59 Å². The normalized spacial score (nSPS) is 10.7. The van der Waals surface area contributed by atoms with Gasteiger partial charge in [0.15, 0.2) is 6.29 Å². The second-order valence-corrected chi connectivity index (χ2v) is 5.00. The molecule has 1 aromatic rings. The average molecular weight is 335 g/mol. The highest BCUT2D eigenvalue weighted by Gasteiger charge is 2.24. The Hall–Kier alpha value is -2.54. The third-order valence-corrected chi connectivity index (χ3v) is 3.26. The van der Waals surface area contributed by atoms with Crippen LogP contribution in [0.4, 0.5) is 5.69 Å². The Morgan fingerprint density at radius 3 is 2.29 bits per heavy atom. The van der Waals surface area contributed by atoms with Crippen LogP contribution in [0.3, 0.4) is 0 Å². The van der Waals surface area contributed by atoms with Crippen molar-refractivity contribution < 1.29 is 19.2 Å². The van der Waals surface area contributed by atoms with Crippen LogP contribution in [0.25, 0.3) is 0 Å². The minimum Gasteiger partial charge on any atom is -0.387 e. The highest BCUT2D eigenvalue weighted by Crippen LogP contribution is 2.21. The van der Waals surface area contributed by atoms with E-state index in [1.54, 1.807) is 19.2 Å². The summed E-state index contributed by atoms with van der Waals surface area (Å²) in [6, 6.07) is 4.17. The molecule has 0 radical (unpaired) electrons.